The summed E-state index contributed by atoms with van der Waals surface area (Å²) < 4.78 is 14.1. The molecule has 0 spiro atoms. The molecular weight excluding hydrogens is 396 g/mol. The lowest BCUT2D eigenvalue weighted by Gasteiger charge is -2.12. The van der Waals surface area contributed by atoms with Crippen molar-refractivity contribution in [3.63, 3.8) is 0 Å². The average Bonchev–Trinajstić information content (AvgIpc) is 3.18. The maximum absolute atomic E-state index is 13.0. The van der Waals surface area contributed by atoms with Gasteiger partial charge in [0.25, 0.3) is 5.56 Å². The van der Waals surface area contributed by atoms with E-state index in [1.165, 1.54) is 23.1 Å². The van der Waals surface area contributed by atoms with Crippen LogP contribution >= 0.6 is 23.1 Å². The predicted octanol–water partition coefficient (Wildman–Crippen LogP) is 4.35. The fraction of sp³-hybridized carbons (Fsp3) is 0.100. The van der Waals surface area contributed by atoms with E-state index in [0.717, 1.165) is 15.4 Å². The van der Waals surface area contributed by atoms with Crippen molar-refractivity contribution in [2.45, 2.75) is 10.1 Å². The molecule has 0 bridgehead atoms. The number of para-hydroxylation sites is 1. The number of fused-ring (bicyclic) bond motifs is 1. The lowest BCUT2D eigenvalue weighted by molar-refractivity contribution is 0.684. The van der Waals surface area contributed by atoms with E-state index in [1.807, 2.05) is 72.1 Å². The zero-order chi connectivity index (χ0) is 18.6. The molecule has 0 aliphatic rings. The lowest BCUT2D eigenvalue weighted by Crippen LogP contribution is -2.21. The highest BCUT2D eigenvalue weighted by Gasteiger charge is 2.14. The number of thioether (sulfide) groups is 1. The minimum atomic E-state index is -1.07. The Kier molecular flexibility index (Phi) is 5.52. The Bertz CT molecular complexity index is 1140. The molecule has 4 nitrogen and oxygen atoms in total. The monoisotopic (exact) mass is 412 g/mol. The van der Waals surface area contributed by atoms with Gasteiger partial charge in [0.1, 0.15) is 4.83 Å². The third-order valence-electron chi connectivity index (χ3n) is 3.99. The van der Waals surface area contributed by atoms with Crippen LogP contribution in [0.5, 0.6) is 0 Å². The van der Waals surface area contributed by atoms with Gasteiger partial charge in [0.05, 0.1) is 21.9 Å². The fourth-order valence-corrected chi connectivity index (χ4v) is 5.80. The highest BCUT2D eigenvalue weighted by molar-refractivity contribution is 8.00. The molecule has 2 aromatic carbocycles. The first-order valence-electron chi connectivity index (χ1n) is 8.36. The number of aromatic nitrogens is 2. The predicted molar refractivity (Wildman–Crippen MR) is 114 cm³/mol. The second kappa shape index (κ2) is 8.21. The molecule has 0 saturated heterocycles. The highest BCUT2D eigenvalue weighted by atomic mass is 32.2. The number of hydrogen-bond donors (Lipinski definition) is 0. The summed E-state index contributed by atoms with van der Waals surface area (Å²) >= 11 is 2.92. The molecule has 27 heavy (non-hydrogen) atoms. The first-order chi connectivity index (χ1) is 13.2. The van der Waals surface area contributed by atoms with Crippen LogP contribution in [0.3, 0.4) is 0 Å². The normalized spacial score (nSPS) is 12.3. The van der Waals surface area contributed by atoms with Crippen LogP contribution in [0.2, 0.25) is 0 Å². The zero-order valence-electron chi connectivity index (χ0n) is 14.3. The molecule has 136 valence electrons. The molecule has 0 saturated carbocycles. The summed E-state index contributed by atoms with van der Waals surface area (Å²) in [5.41, 5.74) is 0.717. The Hall–Kier alpha value is -2.22. The largest absolute Gasteiger partial charge is 0.268 e. The lowest BCUT2D eigenvalue weighted by atomic mass is 10.3. The topological polar surface area (TPSA) is 52.0 Å². The van der Waals surface area contributed by atoms with Gasteiger partial charge in [-0.25, -0.2) is 4.98 Å². The van der Waals surface area contributed by atoms with Crippen LogP contribution in [0.25, 0.3) is 15.9 Å². The van der Waals surface area contributed by atoms with Crippen LogP contribution in [-0.4, -0.2) is 25.3 Å². The summed E-state index contributed by atoms with van der Waals surface area (Å²) in [6, 6.07) is 20.8. The molecule has 2 heterocycles. The van der Waals surface area contributed by atoms with E-state index in [9.17, 15) is 9.00 Å². The smallest absolute Gasteiger partial charge is 0.267 e. The van der Waals surface area contributed by atoms with Crippen molar-refractivity contribution in [2.24, 2.45) is 0 Å². The number of rotatable bonds is 6. The maximum Gasteiger partial charge on any atom is 0.267 e. The van der Waals surface area contributed by atoms with E-state index >= 15 is 0 Å². The number of thiophene rings is 1. The minimum absolute atomic E-state index is 0.0702. The third kappa shape index (κ3) is 3.90. The summed E-state index contributed by atoms with van der Waals surface area (Å²) in [5.74, 6) is 1.11. The molecule has 0 aliphatic carbocycles. The molecule has 4 rings (SSSR count). The molecule has 4 aromatic rings. The standard InChI is InChI=1S/C20H16N2O2S3/c23-19-17-11-12-25-18(17)21-20(22(19)15-7-3-1-4-8-15)26-13-14-27(24)16-9-5-2-6-10-16/h1-12H,13-14H2/t27-/m0/s1. The van der Waals surface area contributed by atoms with Gasteiger partial charge in [-0.05, 0) is 35.7 Å². The van der Waals surface area contributed by atoms with Crippen molar-refractivity contribution in [1.29, 1.82) is 0 Å². The Morgan fingerprint density at radius 2 is 1.70 bits per heavy atom. The number of nitrogens with zero attached hydrogens (tertiary/aromatic N) is 2. The van der Waals surface area contributed by atoms with Crippen molar-refractivity contribution in [1.82, 2.24) is 9.55 Å². The van der Waals surface area contributed by atoms with Gasteiger partial charge in [-0.1, -0.05) is 48.2 Å². The Balaban J connectivity index is 1.63. The summed E-state index contributed by atoms with van der Waals surface area (Å²) in [6.07, 6.45) is 0. The Morgan fingerprint density at radius 1 is 1.00 bits per heavy atom. The van der Waals surface area contributed by atoms with Gasteiger partial charge in [-0.2, -0.15) is 0 Å². The number of benzene rings is 2. The first-order valence-corrected chi connectivity index (χ1v) is 11.5. The van der Waals surface area contributed by atoms with Crippen molar-refractivity contribution >= 4 is 44.1 Å². The highest BCUT2D eigenvalue weighted by Crippen LogP contribution is 2.24. The molecule has 0 radical (unpaired) electrons. The Morgan fingerprint density at radius 3 is 2.44 bits per heavy atom. The zero-order valence-corrected chi connectivity index (χ0v) is 16.7. The van der Waals surface area contributed by atoms with Crippen LogP contribution < -0.4 is 5.56 Å². The summed E-state index contributed by atoms with van der Waals surface area (Å²) in [5, 5.41) is 3.14. The van der Waals surface area contributed by atoms with Crippen molar-refractivity contribution in [3.05, 3.63) is 82.5 Å². The van der Waals surface area contributed by atoms with E-state index in [4.69, 9.17) is 0 Å². The molecule has 0 aliphatic heterocycles. The van der Waals surface area contributed by atoms with Gasteiger partial charge in [-0.3, -0.25) is 13.6 Å². The van der Waals surface area contributed by atoms with Crippen LogP contribution in [0.4, 0.5) is 0 Å². The van der Waals surface area contributed by atoms with Gasteiger partial charge >= 0.3 is 0 Å². The number of hydrogen-bond acceptors (Lipinski definition) is 5. The SMILES string of the molecule is O=c1c2ccsc2nc(SCC[S@](=O)c2ccccc2)n1-c1ccccc1. The van der Waals surface area contributed by atoms with Crippen LogP contribution in [0.1, 0.15) is 0 Å². The molecular formula is C20H16N2O2S3. The van der Waals surface area contributed by atoms with E-state index in [2.05, 4.69) is 4.98 Å². The van der Waals surface area contributed by atoms with E-state index in [0.29, 0.717) is 22.0 Å². The van der Waals surface area contributed by atoms with Gasteiger partial charge in [0.2, 0.25) is 0 Å². The van der Waals surface area contributed by atoms with Gasteiger partial charge in [-0.15, -0.1) is 11.3 Å². The minimum Gasteiger partial charge on any atom is -0.268 e. The second-order valence-electron chi connectivity index (χ2n) is 5.72. The Labute approximate surface area is 167 Å². The molecule has 0 unspecified atom stereocenters. The van der Waals surface area contributed by atoms with Crippen LogP contribution in [0, 0.1) is 0 Å². The molecule has 0 amide bonds. The summed E-state index contributed by atoms with van der Waals surface area (Å²) in [7, 11) is -1.07. The van der Waals surface area contributed by atoms with E-state index in [1.54, 1.807) is 4.57 Å². The first kappa shape index (κ1) is 18.2. The second-order valence-corrected chi connectivity index (χ2v) is 9.25. The fourth-order valence-electron chi connectivity index (χ4n) is 2.70. The molecule has 0 N–H and O–H groups in total. The van der Waals surface area contributed by atoms with Crippen molar-refractivity contribution in [3.8, 4) is 5.69 Å². The van der Waals surface area contributed by atoms with Gasteiger partial charge in [0.15, 0.2) is 5.16 Å². The van der Waals surface area contributed by atoms with E-state index < -0.39 is 10.8 Å². The quantitative estimate of drug-likeness (QED) is 0.349. The summed E-state index contributed by atoms with van der Waals surface area (Å²) in [4.78, 5) is 19.2. The molecule has 2 aromatic heterocycles. The molecule has 0 fully saturated rings. The maximum atomic E-state index is 13.0. The van der Waals surface area contributed by atoms with Crippen molar-refractivity contribution < 1.29 is 4.21 Å². The molecule has 1 atom stereocenters. The van der Waals surface area contributed by atoms with Crippen molar-refractivity contribution in [2.75, 3.05) is 11.5 Å². The van der Waals surface area contributed by atoms with Crippen LogP contribution in [-0.2, 0) is 10.8 Å². The average molecular weight is 413 g/mol. The van der Waals surface area contributed by atoms with Gasteiger partial charge < -0.3 is 0 Å². The van der Waals surface area contributed by atoms with Gasteiger partial charge in [0, 0.05) is 16.4 Å². The summed E-state index contributed by atoms with van der Waals surface area (Å²) in [6.45, 7) is 0. The van der Waals surface area contributed by atoms with Crippen LogP contribution in [0.15, 0.2) is 87.0 Å². The van der Waals surface area contributed by atoms with E-state index in [-0.39, 0.29) is 5.56 Å². The molecule has 7 heteroatoms. The third-order valence-corrected chi connectivity index (χ3v) is 7.37.